The Balaban J connectivity index is 1.99. The number of rotatable bonds is 17. The highest BCUT2D eigenvalue weighted by molar-refractivity contribution is 7.99. The molecule has 22 nitrogen and oxygen atoms in total. The number of fused-ring (bicyclic) bond motifs is 11. The van der Waals surface area contributed by atoms with Crippen LogP contribution in [0.1, 0.15) is 118 Å². The van der Waals surface area contributed by atoms with E-state index in [9.17, 15) is 53.7 Å². The van der Waals surface area contributed by atoms with Gasteiger partial charge in [0.05, 0.1) is 18.1 Å². The molecule has 3 heterocycles. The Morgan fingerprint density at radius 2 is 1.44 bits per heavy atom. The molecule has 0 saturated carbocycles. The van der Waals surface area contributed by atoms with Gasteiger partial charge in [0.2, 0.25) is 41.4 Å². The summed E-state index contributed by atoms with van der Waals surface area (Å²) in [4.78, 5) is 130. The van der Waals surface area contributed by atoms with E-state index in [0.29, 0.717) is 11.3 Å². The lowest BCUT2D eigenvalue weighted by molar-refractivity contribution is -0.160. The fraction of sp³-hybridized carbons (Fsp3) is 0.603. The maximum atomic E-state index is 15.3. The standard InChI is InChI=1S/C58H85N7O15S/c1-11-13-14-15-19-28-81-32-58(77)27-26-44(67)59-30-45(68)78-31-42-57(76)79-37(8)48(63-51(70)35(6)50(69)33(3)4)55(74)61-46(34(5)12-2)53(72)64-49(40-22-24-41(25-23-40)80-38(58)9)56(75)65(10)43(29-39-20-17-16-18-21-39)52(71)62-47(36(7)66)54(73)60-42/h16-18,20-27,33-38,42-43,46-50,66,69,77H,11-15,19,28-32H2,1-10H3,(H,59,67)(H,60,73)(H,61,74)(H,62,71)(H,63,70)(H,64,72)/b27-26+/t34-,35+,36+,37+,38+,42-,43-,46+,47+,48-,49?,50+,58-/m0/s1. The summed E-state index contributed by atoms with van der Waals surface area (Å²) in [5.74, 6) is -10.2. The molecule has 2 aromatic carbocycles. The van der Waals surface area contributed by atoms with Crippen molar-refractivity contribution >= 4 is 65.1 Å². The van der Waals surface area contributed by atoms with E-state index in [-0.39, 0.29) is 29.9 Å². The zero-order valence-corrected chi connectivity index (χ0v) is 49.0. The van der Waals surface area contributed by atoms with Crippen LogP contribution in [0.2, 0.25) is 0 Å². The number of cyclic esters (lactones) is 1. The Labute approximate surface area is 479 Å². The Kier molecular flexibility index (Phi) is 26.6. The number of unbranched alkanes of at least 4 members (excludes halogenated alkanes) is 4. The first-order valence-electron chi connectivity index (χ1n) is 27.9. The van der Waals surface area contributed by atoms with E-state index in [4.69, 9.17) is 14.2 Å². The summed E-state index contributed by atoms with van der Waals surface area (Å²) in [5.41, 5.74) is -1.04. The summed E-state index contributed by atoms with van der Waals surface area (Å²) in [5, 5.41) is 49.4. The van der Waals surface area contributed by atoms with E-state index in [2.05, 4.69) is 38.8 Å². The second-order valence-electron chi connectivity index (χ2n) is 21.4. The molecule has 4 bridgehead atoms. The molecule has 13 atom stereocenters. The third-order valence-electron chi connectivity index (χ3n) is 14.6. The Bertz CT molecular complexity index is 2480. The maximum absolute atomic E-state index is 15.3. The van der Waals surface area contributed by atoms with Gasteiger partial charge >= 0.3 is 11.9 Å². The molecule has 23 heteroatoms. The zero-order valence-electron chi connectivity index (χ0n) is 48.2. The quantitative estimate of drug-likeness (QED) is 0.0811. The number of ether oxygens (including phenoxy) is 3. The fourth-order valence-electron chi connectivity index (χ4n) is 8.95. The van der Waals surface area contributed by atoms with Crippen molar-refractivity contribution in [3.05, 3.63) is 77.9 Å². The Morgan fingerprint density at radius 3 is 2.07 bits per heavy atom. The summed E-state index contributed by atoms with van der Waals surface area (Å²) in [6, 6.07) is 4.40. The van der Waals surface area contributed by atoms with Gasteiger partial charge in [0.1, 0.15) is 66.9 Å². The Morgan fingerprint density at radius 1 is 0.802 bits per heavy atom. The number of aliphatic hydroxyl groups excluding tert-OH is 2. The number of likely N-dealkylation sites (N-methyl/N-ethyl adjacent to an activating group) is 1. The number of benzene rings is 2. The molecule has 448 valence electrons. The monoisotopic (exact) mass is 1150 g/mol. The molecule has 1 fully saturated rings. The molecule has 5 rings (SSSR count). The van der Waals surface area contributed by atoms with Gasteiger partial charge in [0.15, 0.2) is 6.04 Å². The topological polar surface area (TPSA) is 317 Å². The number of nitrogens with one attached hydrogen (secondary N) is 6. The van der Waals surface area contributed by atoms with Gasteiger partial charge in [-0.3, -0.25) is 38.4 Å². The fourth-order valence-corrected chi connectivity index (χ4v) is 10.2. The molecular formula is C58H85N7O15S. The first-order chi connectivity index (χ1) is 38.3. The number of thioether (sulfide) groups is 1. The highest BCUT2D eigenvalue weighted by atomic mass is 32.2. The van der Waals surface area contributed by atoms with Gasteiger partial charge in [-0.1, -0.05) is 116 Å². The van der Waals surface area contributed by atoms with Crippen LogP contribution in [-0.2, 0) is 59.0 Å². The number of esters is 2. The van der Waals surface area contributed by atoms with E-state index >= 15 is 4.79 Å². The largest absolute Gasteiger partial charge is 0.487 e. The number of amides is 7. The lowest BCUT2D eigenvalue weighted by Crippen LogP contribution is -2.61. The minimum absolute atomic E-state index is 0.0949. The SMILES string of the molecule is CCCCCCCSC[C@@]1(O)/C=C/C(=O)NCC(=O)OC[C@@H]2NC(=O)[C@@H]([C@@H](C)O)NC(=O)[C@H](Cc3ccccc3)N(C)C(=O)C(NC(=O)[C@@H]([C@@H](C)CC)NC(=O)[C@@H](NC(=O)[C@H](C)[C@H](O)C(C)C)[C@@H](C)OC2=O)c2ccc(cc2)O[C@@H]1C. The smallest absolute Gasteiger partial charge is 0.332 e. The van der Waals surface area contributed by atoms with Gasteiger partial charge in [-0.2, -0.15) is 11.8 Å². The van der Waals surface area contributed by atoms with E-state index in [0.717, 1.165) is 43.1 Å². The molecule has 0 radical (unpaired) electrons. The average molecular weight is 1150 g/mol. The molecule has 0 aromatic heterocycles. The van der Waals surface area contributed by atoms with Crippen LogP contribution >= 0.6 is 11.8 Å². The molecular weight excluding hydrogens is 1070 g/mol. The van der Waals surface area contributed by atoms with Crippen LogP contribution < -0.4 is 36.6 Å². The van der Waals surface area contributed by atoms with Gasteiger partial charge in [-0.05, 0) is 74.1 Å². The molecule has 9 N–H and O–H groups in total. The Hall–Kier alpha value is -6.56. The third-order valence-corrected chi connectivity index (χ3v) is 15.9. The van der Waals surface area contributed by atoms with E-state index in [1.54, 1.807) is 65.0 Å². The minimum atomic E-state index is -1.97. The molecule has 1 saturated heterocycles. The summed E-state index contributed by atoms with van der Waals surface area (Å²) < 4.78 is 17.5. The predicted octanol–water partition coefficient (Wildman–Crippen LogP) is 2.31. The number of hydrogen-bond donors (Lipinski definition) is 9. The first kappa shape index (κ1) is 66.9. The number of nitrogens with zero attached hydrogens (tertiary/aromatic N) is 1. The van der Waals surface area contributed by atoms with Crippen molar-refractivity contribution in [3.8, 4) is 5.75 Å². The molecule has 0 aliphatic carbocycles. The maximum Gasteiger partial charge on any atom is 0.332 e. The minimum Gasteiger partial charge on any atom is -0.487 e. The van der Waals surface area contributed by atoms with Gasteiger partial charge in [-0.25, -0.2) is 4.79 Å². The predicted molar refractivity (Wildman–Crippen MR) is 303 cm³/mol. The van der Waals surface area contributed by atoms with Crippen molar-refractivity contribution in [1.29, 1.82) is 0 Å². The van der Waals surface area contributed by atoms with Crippen LogP contribution in [0.5, 0.6) is 5.75 Å². The third kappa shape index (κ3) is 19.8. The number of aliphatic hydroxyl groups is 3. The molecule has 81 heavy (non-hydrogen) atoms. The first-order valence-corrected chi connectivity index (χ1v) is 29.1. The van der Waals surface area contributed by atoms with E-state index in [1.165, 1.54) is 69.9 Å². The van der Waals surface area contributed by atoms with Crippen LogP contribution in [-0.4, -0.2) is 165 Å². The van der Waals surface area contributed by atoms with Crippen LogP contribution in [0.4, 0.5) is 0 Å². The van der Waals surface area contributed by atoms with E-state index in [1.807, 2.05) is 0 Å². The molecule has 2 aromatic rings. The highest BCUT2D eigenvalue weighted by Crippen LogP contribution is 2.28. The lowest BCUT2D eigenvalue weighted by Gasteiger charge is -2.34. The summed E-state index contributed by atoms with van der Waals surface area (Å²) in [6.45, 7) is 12.6. The van der Waals surface area contributed by atoms with Crippen LogP contribution in [0, 0.1) is 17.8 Å². The summed E-state index contributed by atoms with van der Waals surface area (Å²) >= 11 is 1.46. The molecule has 1 unspecified atom stereocenters. The van der Waals surface area contributed by atoms with Gasteiger partial charge in [0, 0.05) is 25.3 Å². The highest BCUT2D eigenvalue weighted by Gasteiger charge is 2.42. The molecule has 0 spiro atoms. The van der Waals surface area contributed by atoms with Crippen molar-refractivity contribution in [3.63, 3.8) is 0 Å². The molecule has 3 aliphatic rings. The molecule has 3 aliphatic heterocycles. The van der Waals surface area contributed by atoms with Gasteiger partial charge in [-0.15, -0.1) is 0 Å². The van der Waals surface area contributed by atoms with Gasteiger partial charge < -0.3 is 66.3 Å². The van der Waals surface area contributed by atoms with Gasteiger partial charge in [0.25, 0.3) is 0 Å². The number of hydrogen-bond acceptors (Lipinski definition) is 16. The summed E-state index contributed by atoms with van der Waals surface area (Å²) in [6.07, 6.45) is 2.03. The van der Waals surface area contributed by atoms with E-state index < -0.39 is 150 Å². The van der Waals surface area contributed by atoms with Crippen LogP contribution in [0.15, 0.2) is 66.7 Å². The second kappa shape index (κ2) is 32.2. The second-order valence-corrected chi connectivity index (χ2v) is 22.5. The lowest BCUT2D eigenvalue weighted by atomic mass is 9.93. The van der Waals surface area contributed by atoms with Crippen molar-refractivity contribution in [2.45, 2.75) is 174 Å². The van der Waals surface area contributed by atoms with Crippen LogP contribution in [0.25, 0.3) is 0 Å². The van der Waals surface area contributed by atoms with Crippen molar-refractivity contribution < 1.29 is 72.7 Å². The van der Waals surface area contributed by atoms with Crippen molar-refractivity contribution in [2.75, 3.05) is 31.7 Å². The number of carbonyl (C=O) groups is 9. The van der Waals surface area contributed by atoms with Crippen molar-refractivity contribution in [1.82, 2.24) is 36.8 Å². The number of carbonyl (C=O) groups excluding carboxylic acids is 9. The normalized spacial score (nSPS) is 27.1. The zero-order chi connectivity index (χ0) is 60.1. The van der Waals surface area contributed by atoms with Crippen molar-refractivity contribution in [2.24, 2.45) is 17.8 Å². The van der Waals surface area contributed by atoms with Crippen LogP contribution in [0.3, 0.4) is 0 Å². The average Bonchev–Trinajstić information content (AvgIpc) is 3.44. The summed E-state index contributed by atoms with van der Waals surface area (Å²) in [7, 11) is 1.32. The molecule has 7 amide bonds.